The molecule has 0 amide bonds. The van der Waals surface area contributed by atoms with E-state index >= 15 is 0 Å². The fourth-order valence-corrected chi connectivity index (χ4v) is 3.33. The van der Waals surface area contributed by atoms with Crippen LogP contribution in [0.5, 0.6) is 0 Å². The molecule has 1 unspecified atom stereocenters. The van der Waals surface area contributed by atoms with E-state index in [0.717, 1.165) is 25.7 Å². The van der Waals surface area contributed by atoms with Gasteiger partial charge in [-0.3, -0.25) is 0 Å². The summed E-state index contributed by atoms with van der Waals surface area (Å²) in [5.41, 5.74) is 3.16. The predicted molar refractivity (Wildman–Crippen MR) is 91.6 cm³/mol. The van der Waals surface area contributed by atoms with Gasteiger partial charge in [0, 0.05) is 25.7 Å². The second kappa shape index (κ2) is 7.42. The van der Waals surface area contributed by atoms with Gasteiger partial charge in [0.25, 0.3) is 0 Å². The molecule has 1 aromatic carbocycles. The van der Waals surface area contributed by atoms with Gasteiger partial charge < -0.3 is 10.2 Å². The minimum absolute atomic E-state index is 0.385. The molecule has 0 bridgehead atoms. The van der Waals surface area contributed by atoms with Gasteiger partial charge in [-0.2, -0.15) is 0 Å². The number of hydrogen-bond donors (Lipinski definition) is 1. The third-order valence-electron chi connectivity index (χ3n) is 4.44. The Bertz CT molecular complexity index is 439. The standard InChI is InChI=1S/C19H32N2/c1-5-11-19(3,14-20-18-9-10-18)15-21(4)13-17-8-6-7-16(2)12-17/h6-8,12,18,20H,5,9-11,13-15H2,1-4H3. The smallest absolute Gasteiger partial charge is 0.0231 e. The van der Waals surface area contributed by atoms with Gasteiger partial charge in [0.15, 0.2) is 0 Å². The Morgan fingerprint density at radius 3 is 2.71 bits per heavy atom. The molecule has 1 aromatic rings. The molecule has 0 spiro atoms. The van der Waals surface area contributed by atoms with Gasteiger partial charge in [-0.15, -0.1) is 0 Å². The number of nitrogens with one attached hydrogen (secondary N) is 1. The Kier molecular flexibility index (Phi) is 5.83. The van der Waals surface area contributed by atoms with Crippen LogP contribution in [0, 0.1) is 12.3 Å². The predicted octanol–water partition coefficient (Wildman–Crippen LogP) is 3.99. The van der Waals surface area contributed by atoms with Crippen molar-refractivity contribution in [1.29, 1.82) is 0 Å². The lowest BCUT2D eigenvalue weighted by Gasteiger charge is -2.34. The zero-order valence-corrected chi connectivity index (χ0v) is 14.3. The first-order valence-corrected chi connectivity index (χ1v) is 8.48. The van der Waals surface area contributed by atoms with E-state index in [0.29, 0.717) is 5.41 Å². The summed E-state index contributed by atoms with van der Waals surface area (Å²) in [5, 5.41) is 3.73. The number of hydrogen-bond acceptors (Lipinski definition) is 2. The fourth-order valence-electron chi connectivity index (χ4n) is 3.33. The van der Waals surface area contributed by atoms with E-state index in [1.54, 1.807) is 0 Å². The van der Waals surface area contributed by atoms with Crippen LogP contribution in [-0.2, 0) is 6.54 Å². The quantitative estimate of drug-likeness (QED) is 0.739. The molecule has 2 nitrogen and oxygen atoms in total. The van der Waals surface area contributed by atoms with Crippen molar-refractivity contribution in [2.75, 3.05) is 20.1 Å². The fraction of sp³-hybridized carbons (Fsp3) is 0.684. The van der Waals surface area contributed by atoms with Crippen LogP contribution in [-0.4, -0.2) is 31.1 Å². The molecule has 0 heterocycles. The average Bonchev–Trinajstić information content (AvgIpc) is 3.20. The summed E-state index contributed by atoms with van der Waals surface area (Å²) in [7, 11) is 2.26. The molecule has 1 N–H and O–H groups in total. The lowest BCUT2D eigenvalue weighted by atomic mass is 9.84. The summed E-state index contributed by atoms with van der Waals surface area (Å²) in [5.74, 6) is 0. The summed E-state index contributed by atoms with van der Waals surface area (Å²) >= 11 is 0. The van der Waals surface area contributed by atoms with Crippen LogP contribution in [0.4, 0.5) is 0 Å². The molecular formula is C19H32N2. The largest absolute Gasteiger partial charge is 0.313 e. The molecule has 2 rings (SSSR count). The molecule has 21 heavy (non-hydrogen) atoms. The van der Waals surface area contributed by atoms with E-state index in [-0.39, 0.29) is 0 Å². The summed E-state index contributed by atoms with van der Waals surface area (Å²) < 4.78 is 0. The zero-order valence-electron chi connectivity index (χ0n) is 14.3. The van der Waals surface area contributed by atoms with Gasteiger partial charge in [0.05, 0.1) is 0 Å². The normalized spacial score (nSPS) is 18.0. The van der Waals surface area contributed by atoms with Crippen LogP contribution >= 0.6 is 0 Å². The molecule has 1 aliphatic carbocycles. The SMILES string of the molecule is CCCC(C)(CNC1CC1)CN(C)Cc1cccc(C)c1. The molecule has 118 valence electrons. The number of rotatable bonds is 9. The second-order valence-corrected chi connectivity index (χ2v) is 7.38. The van der Waals surface area contributed by atoms with E-state index < -0.39 is 0 Å². The van der Waals surface area contributed by atoms with Crippen molar-refractivity contribution < 1.29 is 0 Å². The van der Waals surface area contributed by atoms with Gasteiger partial charge in [0.1, 0.15) is 0 Å². The lowest BCUT2D eigenvalue weighted by molar-refractivity contribution is 0.167. The first kappa shape index (κ1) is 16.5. The molecule has 2 heteroatoms. The Hall–Kier alpha value is -0.860. The highest BCUT2D eigenvalue weighted by atomic mass is 15.1. The van der Waals surface area contributed by atoms with Crippen molar-refractivity contribution in [2.45, 2.75) is 59.0 Å². The maximum absolute atomic E-state index is 3.73. The van der Waals surface area contributed by atoms with E-state index in [4.69, 9.17) is 0 Å². The highest BCUT2D eigenvalue weighted by Crippen LogP contribution is 2.27. The second-order valence-electron chi connectivity index (χ2n) is 7.38. The van der Waals surface area contributed by atoms with Crippen molar-refractivity contribution >= 4 is 0 Å². The van der Waals surface area contributed by atoms with Crippen LogP contribution in [0.1, 0.15) is 50.7 Å². The summed E-state index contributed by atoms with van der Waals surface area (Å²) in [4.78, 5) is 2.49. The summed E-state index contributed by atoms with van der Waals surface area (Å²) in [6, 6.07) is 9.69. The van der Waals surface area contributed by atoms with Gasteiger partial charge in [-0.25, -0.2) is 0 Å². The third-order valence-corrected chi connectivity index (χ3v) is 4.44. The molecule has 1 atom stereocenters. The van der Waals surface area contributed by atoms with Gasteiger partial charge in [-0.1, -0.05) is 50.1 Å². The Morgan fingerprint density at radius 2 is 2.10 bits per heavy atom. The van der Waals surface area contributed by atoms with Gasteiger partial charge in [-0.05, 0) is 44.2 Å². The van der Waals surface area contributed by atoms with Crippen molar-refractivity contribution in [3.05, 3.63) is 35.4 Å². The van der Waals surface area contributed by atoms with E-state index in [2.05, 4.69) is 62.3 Å². The molecule has 1 saturated carbocycles. The van der Waals surface area contributed by atoms with Gasteiger partial charge >= 0.3 is 0 Å². The van der Waals surface area contributed by atoms with Crippen LogP contribution in [0.25, 0.3) is 0 Å². The van der Waals surface area contributed by atoms with Crippen molar-refractivity contribution in [3.63, 3.8) is 0 Å². The molecule has 0 saturated heterocycles. The van der Waals surface area contributed by atoms with Crippen molar-refractivity contribution in [1.82, 2.24) is 10.2 Å². The van der Waals surface area contributed by atoms with E-state index in [9.17, 15) is 0 Å². The Labute approximate surface area is 130 Å². The highest BCUT2D eigenvalue weighted by molar-refractivity contribution is 5.22. The Balaban J connectivity index is 1.88. The van der Waals surface area contributed by atoms with Crippen LogP contribution < -0.4 is 5.32 Å². The Morgan fingerprint density at radius 1 is 1.33 bits per heavy atom. The minimum Gasteiger partial charge on any atom is -0.313 e. The van der Waals surface area contributed by atoms with Crippen LogP contribution in [0.2, 0.25) is 0 Å². The third kappa shape index (κ3) is 5.80. The van der Waals surface area contributed by atoms with E-state index in [1.807, 2.05) is 0 Å². The monoisotopic (exact) mass is 288 g/mol. The summed E-state index contributed by atoms with van der Waals surface area (Å²) in [6.45, 7) is 10.3. The molecule has 0 radical (unpaired) electrons. The molecule has 0 aliphatic heterocycles. The first-order chi connectivity index (χ1) is 10.0. The molecule has 1 aliphatic rings. The first-order valence-electron chi connectivity index (χ1n) is 8.48. The van der Waals surface area contributed by atoms with Gasteiger partial charge in [0.2, 0.25) is 0 Å². The highest BCUT2D eigenvalue weighted by Gasteiger charge is 2.29. The maximum Gasteiger partial charge on any atom is 0.0231 e. The number of benzene rings is 1. The van der Waals surface area contributed by atoms with Crippen LogP contribution in [0.15, 0.2) is 24.3 Å². The zero-order chi connectivity index (χ0) is 15.3. The average molecular weight is 288 g/mol. The molecular weight excluding hydrogens is 256 g/mol. The number of aryl methyl sites for hydroxylation is 1. The maximum atomic E-state index is 3.73. The molecule has 1 fully saturated rings. The topological polar surface area (TPSA) is 15.3 Å². The van der Waals surface area contributed by atoms with Crippen molar-refractivity contribution in [3.8, 4) is 0 Å². The lowest BCUT2D eigenvalue weighted by Crippen LogP contribution is -2.41. The van der Waals surface area contributed by atoms with Crippen LogP contribution in [0.3, 0.4) is 0 Å². The summed E-state index contributed by atoms with van der Waals surface area (Å²) in [6.07, 6.45) is 5.31. The van der Waals surface area contributed by atoms with E-state index in [1.165, 1.54) is 36.8 Å². The minimum atomic E-state index is 0.385. The number of nitrogens with zero attached hydrogens (tertiary/aromatic N) is 1. The van der Waals surface area contributed by atoms with Crippen molar-refractivity contribution in [2.24, 2.45) is 5.41 Å². The molecule has 0 aromatic heterocycles.